The lowest BCUT2D eigenvalue weighted by molar-refractivity contribution is 0.0692. The fourth-order valence-electron chi connectivity index (χ4n) is 1.47. The second-order valence-corrected chi connectivity index (χ2v) is 5.02. The summed E-state index contributed by atoms with van der Waals surface area (Å²) in [6.07, 6.45) is 0. The molecule has 6 heteroatoms. The zero-order valence-corrected chi connectivity index (χ0v) is 10.5. The van der Waals surface area contributed by atoms with Crippen LogP contribution in [0.3, 0.4) is 0 Å². The number of nitrogens with zero attached hydrogens (tertiary/aromatic N) is 1. The summed E-state index contributed by atoms with van der Waals surface area (Å²) in [6.45, 7) is 1.91. The van der Waals surface area contributed by atoms with Gasteiger partial charge in [-0.05, 0) is 30.7 Å². The highest BCUT2D eigenvalue weighted by Gasteiger charge is 2.16. The summed E-state index contributed by atoms with van der Waals surface area (Å²) in [5.41, 5.74) is 7.25. The van der Waals surface area contributed by atoms with Crippen LogP contribution in [0.4, 0.5) is 5.00 Å². The number of carboxylic acid groups (broad SMARTS) is 1. The number of hydrogen-bond acceptors (Lipinski definition) is 4. The van der Waals surface area contributed by atoms with Gasteiger partial charge < -0.3 is 10.8 Å². The van der Waals surface area contributed by atoms with Crippen LogP contribution < -0.4 is 5.73 Å². The van der Waals surface area contributed by atoms with Crippen molar-refractivity contribution in [2.75, 3.05) is 5.73 Å². The first-order chi connectivity index (χ1) is 7.97. The Morgan fingerprint density at radius 1 is 1.47 bits per heavy atom. The molecule has 0 aliphatic carbocycles. The molecule has 0 saturated heterocycles. The second-order valence-electron chi connectivity index (χ2n) is 3.55. The number of nitrogens with two attached hydrogens (primary N) is 1. The highest BCUT2D eigenvalue weighted by atomic mass is 35.5. The third-order valence-electron chi connectivity index (χ3n) is 2.15. The highest BCUT2D eigenvalue weighted by molar-refractivity contribution is 7.19. The Labute approximate surface area is 107 Å². The highest BCUT2D eigenvalue weighted by Crippen LogP contribution is 2.32. The lowest BCUT2D eigenvalue weighted by Crippen LogP contribution is -2.00. The van der Waals surface area contributed by atoms with Crippen LogP contribution in [0, 0.1) is 6.92 Å². The van der Waals surface area contributed by atoms with E-state index in [1.807, 2.05) is 19.1 Å². The van der Waals surface area contributed by atoms with E-state index in [0.29, 0.717) is 10.0 Å². The molecule has 0 saturated carbocycles. The number of aromatic nitrogens is 1. The maximum absolute atomic E-state index is 10.8. The van der Waals surface area contributed by atoms with Gasteiger partial charge in [0.05, 0.1) is 0 Å². The quantitative estimate of drug-likeness (QED) is 0.878. The number of thiazole rings is 1. The van der Waals surface area contributed by atoms with Crippen LogP contribution in [0.25, 0.3) is 10.6 Å². The van der Waals surface area contributed by atoms with Crippen LogP contribution in [0.5, 0.6) is 0 Å². The zero-order valence-electron chi connectivity index (χ0n) is 8.90. The number of carbonyl (C=O) groups is 1. The molecule has 0 aliphatic heterocycles. The van der Waals surface area contributed by atoms with E-state index in [4.69, 9.17) is 22.4 Å². The maximum Gasteiger partial charge on any atom is 0.357 e. The Balaban J connectivity index is 2.53. The molecule has 0 fully saturated rings. The summed E-state index contributed by atoms with van der Waals surface area (Å²) in [4.78, 5) is 14.8. The van der Waals surface area contributed by atoms with Gasteiger partial charge in [0.1, 0.15) is 10.0 Å². The minimum absolute atomic E-state index is 0.109. The number of rotatable bonds is 2. The molecule has 4 nitrogen and oxygen atoms in total. The lowest BCUT2D eigenvalue weighted by atomic mass is 10.1. The van der Waals surface area contributed by atoms with Gasteiger partial charge >= 0.3 is 5.97 Å². The van der Waals surface area contributed by atoms with Crippen LogP contribution in [0.15, 0.2) is 18.2 Å². The average Bonchev–Trinajstić information content (AvgIpc) is 2.59. The van der Waals surface area contributed by atoms with E-state index in [1.165, 1.54) is 0 Å². The van der Waals surface area contributed by atoms with Crippen LogP contribution in [0.1, 0.15) is 16.1 Å². The van der Waals surface area contributed by atoms with E-state index in [-0.39, 0.29) is 10.7 Å². The average molecular weight is 269 g/mol. The van der Waals surface area contributed by atoms with Gasteiger partial charge in [-0.2, -0.15) is 0 Å². The molecule has 1 aromatic carbocycles. The first-order valence-corrected chi connectivity index (χ1v) is 5.94. The largest absolute Gasteiger partial charge is 0.476 e. The standard InChI is InChI=1S/C11H9ClN2O2S/c1-5-2-6(4-7(12)3-5)10-14-8(11(15)16)9(13)17-10/h2-4H,13H2,1H3,(H,15,16). The molecule has 2 aromatic rings. The SMILES string of the molecule is Cc1cc(Cl)cc(-c2nc(C(=O)O)c(N)s2)c1. The molecule has 88 valence electrons. The molecule has 0 atom stereocenters. The molecule has 3 N–H and O–H groups in total. The Morgan fingerprint density at radius 3 is 2.71 bits per heavy atom. The van der Waals surface area contributed by atoms with Crippen molar-refractivity contribution in [2.45, 2.75) is 6.92 Å². The second kappa shape index (κ2) is 4.35. The molecule has 0 unspecified atom stereocenters. The van der Waals surface area contributed by atoms with Crippen molar-refractivity contribution in [3.05, 3.63) is 34.5 Å². The van der Waals surface area contributed by atoms with Crippen molar-refractivity contribution in [3.63, 3.8) is 0 Å². The van der Waals surface area contributed by atoms with Gasteiger partial charge in [0, 0.05) is 10.6 Å². The Hall–Kier alpha value is -1.59. The molecular weight excluding hydrogens is 260 g/mol. The van der Waals surface area contributed by atoms with E-state index in [9.17, 15) is 4.79 Å². The molecule has 0 aliphatic rings. The summed E-state index contributed by atoms with van der Waals surface area (Å²) in [6, 6.07) is 5.44. The normalized spacial score (nSPS) is 10.5. The molecule has 2 rings (SSSR count). The fourth-order valence-corrected chi connectivity index (χ4v) is 2.57. The predicted octanol–water partition coefficient (Wildman–Crippen LogP) is 3.05. The molecular formula is C11H9ClN2O2S. The zero-order chi connectivity index (χ0) is 12.6. The van der Waals surface area contributed by atoms with Crippen molar-refractivity contribution in [1.82, 2.24) is 4.98 Å². The van der Waals surface area contributed by atoms with Crippen LogP contribution in [0.2, 0.25) is 5.02 Å². The summed E-state index contributed by atoms with van der Waals surface area (Å²) in [7, 11) is 0. The molecule has 0 radical (unpaired) electrons. The van der Waals surface area contributed by atoms with Crippen molar-refractivity contribution in [3.8, 4) is 10.6 Å². The molecule has 1 aromatic heterocycles. The topological polar surface area (TPSA) is 76.2 Å². The van der Waals surface area contributed by atoms with E-state index in [0.717, 1.165) is 22.5 Å². The van der Waals surface area contributed by atoms with E-state index in [2.05, 4.69) is 4.98 Å². The monoisotopic (exact) mass is 268 g/mol. The Bertz CT molecular complexity index is 575. The van der Waals surface area contributed by atoms with Gasteiger partial charge in [0.2, 0.25) is 0 Å². The number of anilines is 1. The van der Waals surface area contributed by atoms with Gasteiger partial charge in [0.25, 0.3) is 0 Å². The summed E-state index contributed by atoms with van der Waals surface area (Å²) >= 11 is 7.08. The number of hydrogen-bond donors (Lipinski definition) is 2. The Morgan fingerprint density at radius 2 is 2.18 bits per heavy atom. The van der Waals surface area contributed by atoms with Crippen LogP contribution >= 0.6 is 22.9 Å². The first-order valence-electron chi connectivity index (χ1n) is 4.74. The molecule has 0 bridgehead atoms. The fraction of sp³-hybridized carbons (Fsp3) is 0.0909. The third kappa shape index (κ3) is 2.40. The van der Waals surface area contributed by atoms with Gasteiger partial charge in [-0.15, -0.1) is 0 Å². The smallest absolute Gasteiger partial charge is 0.357 e. The molecule has 0 amide bonds. The van der Waals surface area contributed by atoms with Gasteiger partial charge in [-0.25, -0.2) is 9.78 Å². The number of benzene rings is 1. The van der Waals surface area contributed by atoms with E-state index < -0.39 is 5.97 Å². The predicted molar refractivity (Wildman–Crippen MR) is 68.7 cm³/mol. The van der Waals surface area contributed by atoms with Crippen LogP contribution in [-0.2, 0) is 0 Å². The number of halogens is 1. The molecule has 0 spiro atoms. The Kier molecular flexibility index (Phi) is 3.04. The minimum atomic E-state index is -1.12. The third-order valence-corrected chi connectivity index (χ3v) is 3.30. The number of carboxylic acids is 1. The van der Waals surface area contributed by atoms with Gasteiger partial charge in [-0.3, -0.25) is 0 Å². The van der Waals surface area contributed by atoms with E-state index >= 15 is 0 Å². The number of aryl methyl sites for hydroxylation is 1. The van der Waals surface area contributed by atoms with Crippen molar-refractivity contribution in [2.24, 2.45) is 0 Å². The summed E-state index contributed by atoms with van der Waals surface area (Å²) in [5, 5.41) is 10.2. The molecule has 1 heterocycles. The first kappa shape index (κ1) is 11.9. The summed E-state index contributed by atoms with van der Waals surface area (Å²) < 4.78 is 0. The molecule has 17 heavy (non-hydrogen) atoms. The lowest BCUT2D eigenvalue weighted by Gasteiger charge is -1.99. The summed E-state index contributed by atoms with van der Waals surface area (Å²) in [5.74, 6) is -1.12. The van der Waals surface area contributed by atoms with Crippen LogP contribution in [-0.4, -0.2) is 16.1 Å². The number of nitrogen functional groups attached to an aromatic ring is 1. The maximum atomic E-state index is 10.8. The minimum Gasteiger partial charge on any atom is -0.476 e. The number of aromatic carboxylic acids is 1. The van der Waals surface area contributed by atoms with Crippen molar-refractivity contribution < 1.29 is 9.90 Å². The van der Waals surface area contributed by atoms with Gasteiger partial charge in [0.15, 0.2) is 5.69 Å². The van der Waals surface area contributed by atoms with Crippen molar-refractivity contribution >= 4 is 33.9 Å². The van der Waals surface area contributed by atoms with Gasteiger partial charge in [-0.1, -0.05) is 22.9 Å². The van der Waals surface area contributed by atoms with Crippen molar-refractivity contribution in [1.29, 1.82) is 0 Å². The van der Waals surface area contributed by atoms with E-state index in [1.54, 1.807) is 6.07 Å².